The second kappa shape index (κ2) is 8.81. The Morgan fingerprint density at radius 1 is 1.16 bits per heavy atom. The van der Waals surface area contributed by atoms with Crippen molar-refractivity contribution in [3.63, 3.8) is 0 Å². The molecule has 2 aliphatic rings. The van der Waals surface area contributed by atoms with Gasteiger partial charge in [-0.2, -0.15) is 0 Å². The molecule has 162 valence electrons. The van der Waals surface area contributed by atoms with E-state index in [4.69, 9.17) is 4.74 Å². The van der Waals surface area contributed by atoms with E-state index >= 15 is 0 Å². The van der Waals surface area contributed by atoms with Gasteiger partial charge in [0.05, 0.1) is 12.6 Å². The summed E-state index contributed by atoms with van der Waals surface area (Å²) in [6.07, 6.45) is 4.12. The van der Waals surface area contributed by atoms with Crippen molar-refractivity contribution in [3.8, 4) is 5.75 Å². The Bertz CT molecular complexity index is 1000. The van der Waals surface area contributed by atoms with Gasteiger partial charge in [0.2, 0.25) is 5.91 Å². The van der Waals surface area contributed by atoms with E-state index < -0.39 is 0 Å². The number of nitrogens with one attached hydrogen (secondary N) is 2. The maximum atomic E-state index is 13.0. The normalized spacial score (nSPS) is 20.0. The van der Waals surface area contributed by atoms with Crippen molar-refractivity contribution in [3.05, 3.63) is 71.6 Å². The lowest BCUT2D eigenvalue weighted by molar-refractivity contribution is -0.137. The van der Waals surface area contributed by atoms with E-state index in [0.717, 1.165) is 28.1 Å². The fourth-order valence-corrected chi connectivity index (χ4v) is 3.96. The molecule has 2 heterocycles. The minimum atomic E-state index is -0.338. The summed E-state index contributed by atoms with van der Waals surface area (Å²) in [5.74, 6) is 0.535. The molecule has 0 aliphatic carbocycles. The van der Waals surface area contributed by atoms with Gasteiger partial charge in [0.25, 0.3) is 5.91 Å². The lowest BCUT2D eigenvalue weighted by Gasteiger charge is -2.31. The van der Waals surface area contributed by atoms with Gasteiger partial charge in [-0.05, 0) is 62.1 Å². The molecule has 31 heavy (non-hydrogen) atoms. The van der Waals surface area contributed by atoms with Gasteiger partial charge in [0.1, 0.15) is 18.3 Å². The number of rotatable bonds is 6. The molecule has 2 amide bonds. The number of anilines is 1. The minimum Gasteiger partial charge on any atom is -0.494 e. The average molecular weight is 421 g/mol. The van der Waals surface area contributed by atoms with Crippen LogP contribution in [0.3, 0.4) is 0 Å². The van der Waals surface area contributed by atoms with E-state index in [1.165, 1.54) is 4.90 Å². The summed E-state index contributed by atoms with van der Waals surface area (Å²) in [7, 11) is 0. The first-order valence-corrected chi connectivity index (χ1v) is 10.6. The molecule has 0 spiro atoms. The first-order chi connectivity index (χ1) is 14.9. The molecule has 1 saturated heterocycles. The lowest BCUT2D eigenvalue weighted by atomic mass is 10.0. The topological polar surface area (TPSA) is 73.9 Å². The molecule has 4 rings (SSSR count). The van der Waals surface area contributed by atoms with Crippen molar-refractivity contribution in [1.82, 2.24) is 15.3 Å². The van der Waals surface area contributed by atoms with Crippen LogP contribution in [0, 0.1) is 13.8 Å². The highest BCUT2D eigenvalue weighted by atomic mass is 16.5. The molecule has 0 aromatic heterocycles. The van der Waals surface area contributed by atoms with Crippen molar-refractivity contribution in [1.29, 1.82) is 0 Å². The fraction of sp³-hybridized carbons (Fsp3) is 0.333. The molecule has 0 saturated carbocycles. The van der Waals surface area contributed by atoms with Crippen LogP contribution in [0.4, 0.5) is 5.69 Å². The zero-order valence-electron chi connectivity index (χ0n) is 18.1. The van der Waals surface area contributed by atoms with Gasteiger partial charge < -0.3 is 20.0 Å². The van der Waals surface area contributed by atoms with Crippen LogP contribution >= 0.6 is 0 Å². The van der Waals surface area contributed by atoms with Crippen LogP contribution in [0.2, 0.25) is 0 Å². The van der Waals surface area contributed by atoms with E-state index in [1.54, 1.807) is 6.20 Å². The van der Waals surface area contributed by atoms with Gasteiger partial charge in [-0.1, -0.05) is 24.3 Å². The lowest BCUT2D eigenvalue weighted by Crippen LogP contribution is -2.49. The Morgan fingerprint density at radius 2 is 1.94 bits per heavy atom. The molecule has 7 nitrogen and oxygen atoms in total. The largest absolute Gasteiger partial charge is 0.494 e. The molecule has 2 aromatic rings. The third-order valence-electron chi connectivity index (χ3n) is 5.65. The number of carbonyl (C=O) groups excluding carboxylic acids is 2. The van der Waals surface area contributed by atoms with Gasteiger partial charge in [-0.3, -0.25) is 9.59 Å². The summed E-state index contributed by atoms with van der Waals surface area (Å²) in [4.78, 5) is 27.1. The Kier molecular flexibility index (Phi) is 5.95. The minimum absolute atomic E-state index is 0.0131. The summed E-state index contributed by atoms with van der Waals surface area (Å²) in [6.45, 7) is 6.50. The van der Waals surface area contributed by atoms with Gasteiger partial charge in [-0.15, -0.1) is 0 Å². The maximum absolute atomic E-state index is 13.0. The third kappa shape index (κ3) is 4.56. The molecule has 2 aromatic carbocycles. The number of aryl methyl sites for hydroxylation is 2. The highest BCUT2D eigenvalue weighted by Gasteiger charge is 2.40. The fourth-order valence-electron chi connectivity index (χ4n) is 3.96. The number of benzene rings is 2. The number of hydrogen-bond donors (Lipinski definition) is 2. The van der Waals surface area contributed by atoms with E-state index in [0.29, 0.717) is 13.0 Å². The smallest absolute Gasteiger partial charge is 0.251 e. The SMILES string of the molecule is CCOc1ccc(C2CC3C(=O)N(CC(=O)Nc4cc(C)ccc4C)C=CN3N2)cc1. The number of nitrogens with zero attached hydrogens (tertiary/aromatic N) is 2. The van der Waals surface area contributed by atoms with Crippen LogP contribution in [-0.4, -0.2) is 40.9 Å². The standard InChI is InChI=1S/C24H28N4O3/c1-4-31-19-9-7-18(8-10-19)21-14-22-24(30)27(11-12-28(22)26-21)15-23(29)25-20-13-16(2)5-6-17(20)3/h5-13,21-22,26H,4,14-15H2,1-3H3,(H,25,29). The van der Waals surface area contributed by atoms with E-state index in [-0.39, 0.29) is 30.4 Å². The number of carbonyl (C=O) groups is 2. The van der Waals surface area contributed by atoms with Crippen molar-refractivity contribution in [2.24, 2.45) is 0 Å². The van der Waals surface area contributed by atoms with Crippen molar-refractivity contribution < 1.29 is 14.3 Å². The first kappa shape index (κ1) is 20.9. The number of hydrazine groups is 1. The van der Waals surface area contributed by atoms with Gasteiger partial charge in [-0.25, -0.2) is 5.43 Å². The zero-order chi connectivity index (χ0) is 22.0. The molecular formula is C24H28N4O3. The quantitative estimate of drug-likeness (QED) is 0.750. The van der Waals surface area contributed by atoms with E-state index in [1.807, 2.05) is 74.4 Å². The van der Waals surface area contributed by atoms with Crippen molar-refractivity contribution >= 4 is 17.5 Å². The molecule has 0 radical (unpaired) electrons. The molecule has 2 aliphatic heterocycles. The van der Waals surface area contributed by atoms with E-state index in [2.05, 4.69) is 10.7 Å². The summed E-state index contributed by atoms with van der Waals surface area (Å²) in [5, 5.41) is 4.76. The van der Waals surface area contributed by atoms with Crippen LogP contribution in [0.25, 0.3) is 0 Å². The summed E-state index contributed by atoms with van der Waals surface area (Å²) < 4.78 is 5.50. The highest BCUT2D eigenvalue weighted by Crippen LogP contribution is 2.31. The van der Waals surface area contributed by atoms with Crippen LogP contribution < -0.4 is 15.5 Å². The van der Waals surface area contributed by atoms with Crippen LogP contribution in [-0.2, 0) is 9.59 Å². The average Bonchev–Trinajstić information content (AvgIpc) is 3.19. The predicted octanol–water partition coefficient (Wildman–Crippen LogP) is 3.27. The predicted molar refractivity (Wildman–Crippen MR) is 119 cm³/mol. The summed E-state index contributed by atoms with van der Waals surface area (Å²) >= 11 is 0. The van der Waals surface area contributed by atoms with E-state index in [9.17, 15) is 9.59 Å². The molecule has 2 N–H and O–H groups in total. The monoisotopic (exact) mass is 420 g/mol. The van der Waals surface area contributed by atoms with Gasteiger partial charge in [0.15, 0.2) is 0 Å². The molecule has 2 atom stereocenters. The number of ether oxygens (including phenoxy) is 1. The van der Waals surface area contributed by atoms with Gasteiger partial charge in [0, 0.05) is 18.1 Å². The Morgan fingerprint density at radius 3 is 2.68 bits per heavy atom. The number of hydrogen-bond acceptors (Lipinski definition) is 5. The van der Waals surface area contributed by atoms with Crippen molar-refractivity contribution in [2.45, 2.75) is 39.3 Å². The second-order valence-corrected chi connectivity index (χ2v) is 7.97. The Hall–Kier alpha value is -3.32. The summed E-state index contributed by atoms with van der Waals surface area (Å²) in [6, 6.07) is 13.5. The molecule has 0 bridgehead atoms. The molecule has 7 heteroatoms. The number of fused-ring (bicyclic) bond motifs is 1. The van der Waals surface area contributed by atoms with Crippen LogP contribution in [0.1, 0.15) is 36.1 Å². The third-order valence-corrected chi connectivity index (χ3v) is 5.65. The highest BCUT2D eigenvalue weighted by molar-refractivity contribution is 5.96. The van der Waals surface area contributed by atoms with Crippen LogP contribution in [0.15, 0.2) is 54.9 Å². The Balaban J connectivity index is 1.38. The van der Waals surface area contributed by atoms with Crippen LogP contribution in [0.5, 0.6) is 5.75 Å². The van der Waals surface area contributed by atoms with Gasteiger partial charge >= 0.3 is 0 Å². The Labute approximate surface area is 182 Å². The molecule has 1 fully saturated rings. The van der Waals surface area contributed by atoms with Crippen molar-refractivity contribution in [2.75, 3.05) is 18.5 Å². The number of amides is 2. The first-order valence-electron chi connectivity index (χ1n) is 10.6. The molecule has 2 unspecified atom stereocenters. The second-order valence-electron chi connectivity index (χ2n) is 7.97. The molecular weight excluding hydrogens is 392 g/mol. The maximum Gasteiger partial charge on any atom is 0.251 e. The zero-order valence-corrected chi connectivity index (χ0v) is 18.1. The summed E-state index contributed by atoms with van der Waals surface area (Å²) in [5.41, 5.74) is 7.31.